The summed E-state index contributed by atoms with van der Waals surface area (Å²) in [5.74, 6) is 0.0313. The van der Waals surface area contributed by atoms with Crippen LogP contribution in [0.4, 0.5) is 0 Å². The molecule has 0 aliphatic carbocycles. The van der Waals surface area contributed by atoms with E-state index >= 15 is 0 Å². The van der Waals surface area contributed by atoms with Crippen LogP contribution in [-0.2, 0) is 4.79 Å². The molecular weight excluding hydrogens is 238 g/mol. The molecule has 48 valence electrons. The van der Waals surface area contributed by atoms with Gasteiger partial charge in [-0.25, -0.2) is 0 Å². The topological polar surface area (TPSA) is 29.1 Å². The van der Waals surface area contributed by atoms with Crippen LogP contribution in [0.15, 0.2) is 0 Å². The molecule has 0 saturated heterocycles. The molecule has 0 aromatic rings. The summed E-state index contributed by atoms with van der Waals surface area (Å²) in [5.41, 5.74) is 0. The lowest BCUT2D eigenvalue weighted by Gasteiger charge is -1.97. The average Bonchev–Trinajstić information content (AvgIpc) is 1.65. The van der Waals surface area contributed by atoms with Crippen LogP contribution >= 0.6 is 31.9 Å². The molecule has 0 aliphatic rings. The molecule has 0 aromatic heterocycles. The second-order valence-corrected chi connectivity index (χ2v) is 4.71. The molecule has 0 radical (unpaired) electrons. The number of alkyl halides is 2. The second-order valence-electron chi connectivity index (χ2n) is 1.27. The number of nitrogens with one attached hydrogen (secondary N) is 1. The van der Waals surface area contributed by atoms with E-state index in [-0.39, 0.29) is 9.64 Å². The highest BCUT2D eigenvalue weighted by Crippen LogP contribution is 2.11. The highest BCUT2D eigenvalue weighted by Gasteiger charge is 2.02. The van der Waals surface area contributed by atoms with E-state index in [1.54, 1.807) is 7.05 Å². The molecule has 0 heterocycles. The Morgan fingerprint density at radius 3 is 2.38 bits per heavy atom. The first kappa shape index (κ1) is 8.43. The van der Waals surface area contributed by atoms with Crippen LogP contribution < -0.4 is 5.32 Å². The summed E-state index contributed by atoms with van der Waals surface area (Å²) in [4.78, 5) is 10.5. The van der Waals surface area contributed by atoms with Crippen molar-refractivity contribution in [3.63, 3.8) is 0 Å². The van der Waals surface area contributed by atoms with Gasteiger partial charge in [0.1, 0.15) is 0 Å². The van der Waals surface area contributed by atoms with Gasteiger partial charge >= 0.3 is 0 Å². The summed E-state index contributed by atoms with van der Waals surface area (Å²) in [7, 11) is 1.62. The van der Waals surface area contributed by atoms with Crippen molar-refractivity contribution in [1.29, 1.82) is 0 Å². The molecule has 0 unspecified atom stereocenters. The van der Waals surface area contributed by atoms with Gasteiger partial charge in [-0.05, 0) is 0 Å². The van der Waals surface area contributed by atoms with Crippen molar-refractivity contribution >= 4 is 37.8 Å². The first-order chi connectivity index (χ1) is 3.66. The fraction of sp³-hybridized carbons (Fsp3) is 0.750. The standard InChI is InChI=1S/C4H7Br2NO/c1-7-4(8)2-3(5)6/h3H,2H2,1H3,(H,7,8). The lowest BCUT2D eigenvalue weighted by atomic mass is 10.5. The molecular formula is C4H7Br2NO. The SMILES string of the molecule is CNC(=O)CC(Br)Br. The van der Waals surface area contributed by atoms with Crippen LogP contribution in [0.2, 0.25) is 0 Å². The van der Waals surface area contributed by atoms with Crippen molar-refractivity contribution in [2.75, 3.05) is 7.05 Å². The quantitative estimate of drug-likeness (QED) is 0.728. The van der Waals surface area contributed by atoms with E-state index in [1.165, 1.54) is 0 Å². The van der Waals surface area contributed by atoms with Crippen molar-refractivity contribution in [2.24, 2.45) is 0 Å². The predicted octanol–water partition coefficient (Wildman–Crippen LogP) is 1.24. The Bertz CT molecular complexity index is 84.1. The number of halogens is 2. The van der Waals surface area contributed by atoms with Gasteiger partial charge in [0.05, 0.1) is 3.74 Å². The van der Waals surface area contributed by atoms with Crippen LogP contribution in [0.5, 0.6) is 0 Å². The number of amides is 1. The first-order valence-corrected chi connectivity index (χ1v) is 3.98. The second kappa shape index (κ2) is 4.32. The molecule has 0 saturated carbocycles. The van der Waals surface area contributed by atoms with E-state index in [2.05, 4.69) is 37.2 Å². The van der Waals surface area contributed by atoms with Gasteiger partial charge in [-0.1, -0.05) is 31.9 Å². The Balaban J connectivity index is 3.25. The van der Waals surface area contributed by atoms with Crippen molar-refractivity contribution < 1.29 is 4.79 Å². The summed E-state index contributed by atoms with van der Waals surface area (Å²) >= 11 is 6.34. The minimum absolute atomic E-state index is 0.0313. The Morgan fingerprint density at radius 2 is 2.25 bits per heavy atom. The highest BCUT2D eigenvalue weighted by atomic mass is 79.9. The maximum Gasteiger partial charge on any atom is 0.221 e. The van der Waals surface area contributed by atoms with Crippen molar-refractivity contribution in [1.82, 2.24) is 5.32 Å². The largest absolute Gasteiger partial charge is 0.359 e. The third-order valence-electron chi connectivity index (χ3n) is 0.619. The Hall–Kier alpha value is 0.430. The summed E-state index contributed by atoms with van der Waals surface area (Å²) in [5, 5.41) is 2.50. The molecule has 1 amide bonds. The highest BCUT2D eigenvalue weighted by molar-refractivity contribution is 9.24. The smallest absolute Gasteiger partial charge is 0.221 e. The monoisotopic (exact) mass is 243 g/mol. The van der Waals surface area contributed by atoms with Crippen LogP contribution in [0.25, 0.3) is 0 Å². The maximum atomic E-state index is 10.5. The fourth-order valence-corrected chi connectivity index (χ4v) is 0.830. The Labute approximate surface area is 65.3 Å². The van der Waals surface area contributed by atoms with Gasteiger partial charge in [0.25, 0.3) is 0 Å². The molecule has 0 aliphatic heterocycles. The van der Waals surface area contributed by atoms with Gasteiger partial charge < -0.3 is 5.32 Å². The number of carbonyl (C=O) groups excluding carboxylic acids is 1. The zero-order chi connectivity index (χ0) is 6.57. The van der Waals surface area contributed by atoms with Gasteiger partial charge in [-0.15, -0.1) is 0 Å². The van der Waals surface area contributed by atoms with Crippen LogP contribution in [0.1, 0.15) is 6.42 Å². The minimum Gasteiger partial charge on any atom is -0.359 e. The number of hydrogen-bond donors (Lipinski definition) is 1. The molecule has 4 heteroatoms. The van der Waals surface area contributed by atoms with E-state index in [9.17, 15) is 4.79 Å². The summed E-state index contributed by atoms with van der Waals surface area (Å²) in [6.45, 7) is 0. The van der Waals surface area contributed by atoms with Crippen LogP contribution in [0, 0.1) is 0 Å². The van der Waals surface area contributed by atoms with Crippen molar-refractivity contribution in [3.05, 3.63) is 0 Å². The maximum absolute atomic E-state index is 10.5. The summed E-state index contributed by atoms with van der Waals surface area (Å²) < 4.78 is 0.0925. The Kier molecular flexibility index (Phi) is 4.56. The normalized spacial score (nSPS) is 9.50. The lowest BCUT2D eigenvalue weighted by Crippen LogP contribution is -2.19. The van der Waals surface area contributed by atoms with Gasteiger partial charge in [0.2, 0.25) is 5.91 Å². The molecule has 0 atom stereocenters. The molecule has 0 bridgehead atoms. The van der Waals surface area contributed by atoms with Gasteiger partial charge in [-0.3, -0.25) is 4.79 Å². The van der Waals surface area contributed by atoms with Crippen molar-refractivity contribution in [3.8, 4) is 0 Å². The fourth-order valence-electron chi connectivity index (χ4n) is 0.242. The summed E-state index contributed by atoms with van der Waals surface area (Å²) in [6.07, 6.45) is 0.469. The van der Waals surface area contributed by atoms with Crippen molar-refractivity contribution in [2.45, 2.75) is 10.2 Å². The van der Waals surface area contributed by atoms with E-state index in [0.717, 1.165) is 0 Å². The van der Waals surface area contributed by atoms with Crippen LogP contribution in [0.3, 0.4) is 0 Å². The predicted molar refractivity (Wildman–Crippen MR) is 40.3 cm³/mol. The first-order valence-electron chi connectivity index (χ1n) is 2.15. The molecule has 0 fully saturated rings. The van der Waals surface area contributed by atoms with Crippen LogP contribution in [-0.4, -0.2) is 16.7 Å². The minimum atomic E-state index is 0.0313. The molecule has 0 spiro atoms. The van der Waals surface area contributed by atoms with E-state index in [4.69, 9.17) is 0 Å². The average molecular weight is 245 g/mol. The van der Waals surface area contributed by atoms with E-state index < -0.39 is 0 Å². The lowest BCUT2D eigenvalue weighted by molar-refractivity contribution is -0.120. The van der Waals surface area contributed by atoms with Gasteiger partial charge in [0.15, 0.2) is 0 Å². The zero-order valence-corrected chi connectivity index (χ0v) is 7.62. The molecule has 1 N–H and O–H groups in total. The zero-order valence-electron chi connectivity index (χ0n) is 4.45. The molecule has 2 nitrogen and oxygen atoms in total. The van der Waals surface area contributed by atoms with Gasteiger partial charge in [0, 0.05) is 13.5 Å². The molecule has 8 heavy (non-hydrogen) atoms. The third-order valence-corrected chi connectivity index (χ3v) is 1.27. The van der Waals surface area contributed by atoms with E-state index in [1.807, 2.05) is 0 Å². The molecule has 0 aromatic carbocycles. The molecule has 0 rings (SSSR count). The Morgan fingerprint density at radius 1 is 1.75 bits per heavy atom. The number of hydrogen-bond acceptors (Lipinski definition) is 1. The van der Waals surface area contributed by atoms with Gasteiger partial charge in [-0.2, -0.15) is 0 Å². The summed E-state index contributed by atoms with van der Waals surface area (Å²) in [6, 6.07) is 0. The third kappa shape index (κ3) is 4.59. The number of rotatable bonds is 2. The number of carbonyl (C=O) groups is 1. The van der Waals surface area contributed by atoms with E-state index in [0.29, 0.717) is 6.42 Å².